The van der Waals surface area contributed by atoms with Crippen molar-refractivity contribution in [3.8, 4) is 16.9 Å². The van der Waals surface area contributed by atoms with Gasteiger partial charge in [0.15, 0.2) is 0 Å². The summed E-state index contributed by atoms with van der Waals surface area (Å²) in [6, 6.07) is 12.2. The lowest BCUT2D eigenvalue weighted by Gasteiger charge is -2.23. The quantitative estimate of drug-likeness (QED) is 0.332. The molecule has 2 aromatic carbocycles. The fourth-order valence-electron chi connectivity index (χ4n) is 4.13. The maximum atomic E-state index is 12.9. The van der Waals surface area contributed by atoms with E-state index in [0.29, 0.717) is 18.8 Å². The molecule has 2 N–H and O–H groups in total. The minimum atomic E-state index is -3.77. The van der Waals surface area contributed by atoms with E-state index in [1.165, 1.54) is 18.5 Å². The number of allylic oxidation sites excluding steroid dienone is 1. The number of β-amino-alcohol motifs (C(OH)–C–C–N with tert-alkyl or cyclic N) is 1. The smallest absolute Gasteiger partial charge is 0.420 e. The Bertz CT molecular complexity index is 1230. The van der Waals surface area contributed by atoms with Crippen LogP contribution in [0.25, 0.3) is 16.8 Å². The van der Waals surface area contributed by atoms with Gasteiger partial charge in [-0.05, 0) is 55.3 Å². The molecule has 2 heterocycles. The first kappa shape index (κ1) is 26.1. The molecule has 4 rings (SSSR count). The number of aliphatic hydroxyl groups excluding tert-OH is 1. The summed E-state index contributed by atoms with van der Waals surface area (Å²) in [6.45, 7) is 4.90. The lowest BCUT2D eigenvalue weighted by Crippen LogP contribution is -2.22. The molecule has 2 atom stereocenters. The summed E-state index contributed by atoms with van der Waals surface area (Å²) < 4.78 is 30.2. The van der Waals surface area contributed by atoms with E-state index in [0.717, 1.165) is 40.2 Å². The number of nitrogens with one attached hydrogen (secondary N) is 1. The molecule has 0 aliphatic carbocycles. The molecular formula is C26H26Cl2F2N4O2. The van der Waals surface area contributed by atoms with Gasteiger partial charge in [0.25, 0.3) is 0 Å². The van der Waals surface area contributed by atoms with Crippen LogP contribution >= 0.6 is 23.2 Å². The molecule has 0 bridgehead atoms. The zero-order chi connectivity index (χ0) is 25.9. The SMILES string of the molecule is CCC=C(Nc1ccc(OC(F)(F)Cl)cc1)c1ccc(N2C[C@H](O)[C@@H](Cl)C2)c(-c2cncnc2C)c1. The second kappa shape index (κ2) is 11.0. The van der Waals surface area contributed by atoms with Crippen LogP contribution in [0, 0.1) is 6.92 Å². The van der Waals surface area contributed by atoms with Gasteiger partial charge in [0, 0.05) is 64.8 Å². The first-order valence-corrected chi connectivity index (χ1v) is 12.3. The van der Waals surface area contributed by atoms with Crippen molar-refractivity contribution in [2.45, 2.75) is 37.3 Å². The second-order valence-corrected chi connectivity index (χ2v) is 9.47. The molecule has 36 heavy (non-hydrogen) atoms. The fourth-order valence-corrected chi connectivity index (χ4v) is 4.47. The number of ether oxygens (including phenoxy) is 1. The normalized spacial score (nSPS) is 18.4. The number of nitrogens with zero attached hydrogens (tertiary/aromatic N) is 3. The van der Waals surface area contributed by atoms with Gasteiger partial charge in [0.05, 0.1) is 11.5 Å². The van der Waals surface area contributed by atoms with Gasteiger partial charge in [-0.15, -0.1) is 20.4 Å². The molecular weight excluding hydrogens is 509 g/mol. The number of hydrogen-bond acceptors (Lipinski definition) is 6. The topological polar surface area (TPSA) is 70.5 Å². The molecule has 1 aromatic heterocycles. The molecule has 3 aromatic rings. The fraction of sp³-hybridized carbons (Fsp3) is 0.308. The summed E-state index contributed by atoms with van der Waals surface area (Å²) >= 11 is 11.2. The average Bonchev–Trinajstić information content (AvgIpc) is 3.17. The number of benzene rings is 2. The van der Waals surface area contributed by atoms with Crippen LogP contribution in [0.2, 0.25) is 0 Å². The molecule has 1 aliphatic rings. The van der Waals surface area contributed by atoms with E-state index in [-0.39, 0.29) is 11.1 Å². The van der Waals surface area contributed by atoms with Crippen LogP contribution in [0.15, 0.2) is 61.1 Å². The highest BCUT2D eigenvalue weighted by Gasteiger charge is 2.31. The Morgan fingerprint density at radius 2 is 1.97 bits per heavy atom. The van der Waals surface area contributed by atoms with E-state index < -0.39 is 11.7 Å². The van der Waals surface area contributed by atoms with E-state index in [4.69, 9.17) is 23.2 Å². The lowest BCUT2D eigenvalue weighted by molar-refractivity contribution is -0.0964. The minimum absolute atomic E-state index is 0.0434. The summed E-state index contributed by atoms with van der Waals surface area (Å²) in [5.74, 6) is -0.0434. The van der Waals surface area contributed by atoms with Crippen molar-refractivity contribution in [2.24, 2.45) is 0 Å². The first-order valence-electron chi connectivity index (χ1n) is 11.5. The summed E-state index contributed by atoms with van der Waals surface area (Å²) in [5.41, 5.74) is 2.22. The van der Waals surface area contributed by atoms with E-state index in [1.54, 1.807) is 18.3 Å². The Morgan fingerprint density at radius 3 is 2.58 bits per heavy atom. The second-order valence-electron chi connectivity index (χ2n) is 8.47. The number of aromatic nitrogens is 2. The van der Waals surface area contributed by atoms with E-state index >= 15 is 0 Å². The Morgan fingerprint density at radius 1 is 1.22 bits per heavy atom. The monoisotopic (exact) mass is 534 g/mol. The number of alkyl halides is 4. The van der Waals surface area contributed by atoms with Crippen LogP contribution in [-0.2, 0) is 0 Å². The van der Waals surface area contributed by atoms with Crippen molar-refractivity contribution in [1.82, 2.24) is 9.97 Å². The number of rotatable bonds is 8. The standard InChI is InChI=1S/C26H26Cl2F2N4O2/c1-3-4-23(33-18-6-8-19(9-7-18)36-26(28,29)30)17-5-10-24(34-13-22(27)25(35)14-34)20(11-17)21-12-31-15-32-16(21)2/h4-12,15,22,25,33,35H,3,13-14H2,1-2H3/t22-,25-/m0/s1. The highest BCUT2D eigenvalue weighted by Crippen LogP contribution is 2.37. The van der Waals surface area contributed by atoms with Crippen LogP contribution in [0.1, 0.15) is 24.6 Å². The van der Waals surface area contributed by atoms with Crippen LogP contribution < -0.4 is 15.0 Å². The number of aliphatic hydroxyl groups is 1. The summed E-state index contributed by atoms with van der Waals surface area (Å²) in [4.78, 5) is 10.6. The van der Waals surface area contributed by atoms with E-state index in [1.807, 2.05) is 32.1 Å². The third-order valence-electron chi connectivity index (χ3n) is 5.84. The number of anilines is 2. The molecule has 1 saturated heterocycles. The summed E-state index contributed by atoms with van der Waals surface area (Å²) in [7, 11) is 0. The third-order valence-corrected chi connectivity index (χ3v) is 6.35. The number of halogens is 4. The molecule has 1 fully saturated rings. The number of aryl methyl sites for hydroxylation is 1. The highest BCUT2D eigenvalue weighted by molar-refractivity contribution is 6.21. The van der Waals surface area contributed by atoms with E-state index in [2.05, 4.69) is 31.0 Å². The molecule has 0 saturated carbocycles. The van der Waals surface area contributed by atoms with Crippen LogP contribution in [-0.4, -0.2) is 45.2 Å². The molecule has 1 aliphatic heterocycles. The summed E-state index contributed by atoms with van der Waals surface area (Å²) in [6.07, 6.45) is 5.47. The Hall–Kier alpha value is -2.94. The minimum Gasteiger partial charge on any atom is -0.420 e. The van der Waals surface area contributed by atoms with Crippen molar-refractivity contribution in [3.63, 3.8) is 0 Å². The lowest BCUT2D eigenvalue weighted by atomic mass is 9.98. The molecule has 0 spiro atoms. The highest BCUT2D eigenvalue weighted by atomic mass is 35.5. The zero-order valence-electron chi connectivity index (χ0n) is 19.8. The van der Waals surface area contributed by atoms with Gasteiger partial charge >= 0.3 is 5.57 Å². The Labute approximate surface area is 218 Å². The molecule has 6 nitrogen and oxygen atoms in total. The van der Waals surface area contributed by atoms with Crippen molar-refractivity contribution in [1.29, 1.82) is 0 Å². The van der Waals surface area contributed by atoms with Crippen molar-refractivity contribution in [2.75, 3.05) is 23.3 Å². The first-order chi connectivity index (χ1) is 17.1. The van der Waals surface area contributed by atoms with Crippen LogP contribution in [0.3, 0.4) is 0 Å². The Balaban J connectivity index is 1.69. The van der Waals surface area contributed by atoms with Gasteiger partial charge in [-0.3, -0.25) is 0 Å². The van der Waals surface area contributed by atoms with Gasteiger partial charge in [-0.1, -0.05) is 19.1 Å². The Kier molecular flexibility index (Phi) is 7.97. The van der Waals surface area contributed by atoms with Gasteiger partial charge in [-0.25, -0.2) is 9.97 Å². The predicted molar refractivity (Wildman–Crippen MR) is 140 cm³/mol. The maximum Gasteiger partial charge on any atom is 0.487 e. The molecule has 0 unspecified atom stereocenters. The molecule has 10 heteroatoms. The predicted octanol–water partition coefficient (Wildman–Crippen LogP) is 6.27. The molecule has 0 radical (unpaired) electrons. The van der Waals surface area contributed by atoms with Crippen molar-refractivity contribution < 1.29 is 18.6 Å². The van der Waals surface area contributed by atoms with Crippen LogP contribution in [0.4, 0.5) is 20.2 Å². The van der Waals surface area contributed by atoms with Gasteiger partial charge in [0.1, 0.15) is 12.1 Å². The van der Waals surface area contributed by atoms with Gasteiger partial charge in [-0.2, -0.15) is 0 Å². The van der Waals surface area contributed by atoms with Crippen molar-refractivity contribution >= 4 is 40.3 Å². The molecule has 0 amide bonds. The largest absolute Gasteiger partial charge is 0.487 e. The average molecular weight is 535 g/mol. The summed E-state index contributed by atoms with van der Waals surface area (Å²) in [5, 5.41) is 13.2. The van der Waals surface area contributed by atoms with Gasteiger partial charge < -0.3 is 20.1 Å². The zero-order valence-corrected chi connectivity index (χ0v) is 21.3. The van der Waals surface area contributed by atoms with Crippen molar-refractivity contribution in [3.05, 3.63) is 72.3 Å². The number of hydrogen-bond donors (Lipinski definition) is 2. The molecule has 190 valence electrons. The van der Waals surface area contributed by atoms with Gasteiger partial charge in [0.2, 0.25) is 0 Å². The van der Waals surface area contributed by atoms with Crippen LogP contribution in [0.5, 0.6) is 5.75 Å². The van der Waals surface area contributed by atoms with E-state index in [9.17, 15) is 13.9 Å². The third kappa shape index (κ3) is 6.24. The maximum absolute atomic E-state index is 12.9.